The summed E-state index contributed by atoms with van der Waals surface area (Å²) in [5.74, 6) is -2.33. The highest BCUT2D eigenvalue weighted by molar-refractivity contribution is 5.32. The van der Waals surface area contributed by atoms with Gasteiger partial charge in [-0.2, -0.15) is 0 Å². The summed E-state index contributed by atoms with van der Waals surface area (Å²) in [7, 11) is 0. The average molecular weight is 352 g/mol. The number of hydrogen-bond acceptors (Lipinski definition) is 1. The normalized spacial score (nSPS) is 14.1. The van der Waals surface area contributed by atoms with Crippen molar-refractivity contribution in [1.29, 1.82) is 0 Å². The smallest absolute Gasteiger partial charge is 0.270 e. The van der Waals surface area contributed by atoms with Gasteiger partial charge in [-0.3, -0.25) is 0 Å². The van der Waals surface area contributed by atoms with Gasteiger partial charge in [-0.15, -0.1) is 0 Å². The van der Waals surface area contributed by atoms with Crippen molar-refractivity contribution >= 4 is 0 Å². The first-order chi connectivity index (χ1) is 11.8. The van der Waals surface area contributed by atoms with Crippen molar-refractivity contribution in [3.8, 4) is 0 Å². The summed E-state index contributed by atoms with van der Waals surface area (Å²) in [4.78, 5) is 0. The molecular formula is C22H35F2N. The Kier molecular flexibility index (Phi) is 11.9. The summed E-state index contributed by atoms with van der Waals surface area (Å²) in [6.07, 6.45) is 15.4. The molecule has 0 amide bonds. The number of alkyl halides is 2. The molecule has 0 aliphatic carbocycles. The second kappa shape index (κ2) is 12.7. The van der Waals surface area contributed by atoms with E-state index in [0.717, 1.165) is 19.8 Å². The predicted molar refractivity (Wildman–Crippen MR) is 107 cm³/mol. The molecule has 0 aliphatic rings. The van der Waals surface area contributed by atoms with Crippen LogP contribution in [0.4, 0.5) is 8.78 Å². The number of halogens is 2. The second-order valence-corrected chi connectivity index (χ2v) is 6.37. The van der Waals surface area contributed by atoms with Crippen molar-refractivity contribution < 1.29 is 8.78 Å². The number of rotatable bonds is 12. The summed E-state index contributed by atoms with van der Waals surface area (Å²) in [6, 6.07) is 0. The van der Waals surface area contributed by atoms with Gasteiger partial charge in [-0.05, 0) is 44.3 Å². The highest BCUT2D eigenvalue weighted by Gasteiger charge is 2.25. The molecule has 0 rings (SSSR count). The Morgan fingerprint density at radius 2 is 1.64 bits per heavy atom. The maximum absolute atomic E-state index is 13.6. The Bertz CT molecular complexity index is 499. The van der Waals surface area contributed by atoms with E-state index in [2.05, 4.69) is 44.0 Å². The quantitative estimate of drug-likeness (QED) is 0.374. The molecule has 0 aromatic carbocycles. The number of nitrogens with one attached hydrogen (secondary N) is 1. The van der Waals surface area contributed by atoms with Crippen LogP contribution in [0.5, 0.6) is 0 Å². The number of hydrogen-bond donors (Lipinski definition) is 1. The van der Waals surface area contributed by atoms with E-state index in [1.165, 1.54) is 30.6 Å². The van der Waals surface area contributed by atoms with Gasteiger partial charge in [0.1, 0.15) is 0 Å². The molecule has 0 radical (unpaired) electrons. The summed E-state index contributed by atoms with van der Waals surface area (Å²) < 4.78 is 27.1. The first-order valence-electron chi connectivity index (χ1n) is 9.28. The fraction of sp³-hybridized carbons (Fsp3) is 0.545. The lowest BCUT2D eigenvalue weighted by Gasteiger charge is -2.18. The van der Waals surface area contributed by atoms with Crippen LogP contribution in [0.1, 0.15) is 60.3 Å². The molecule has 25 heavy (non-hydrogen) atoms. The minimum atomic E-state index is -2.88. The third-order valence-electron chi connectivity index (χ3n) is 3.95. The van der Waals surface area contributed by atoms with Gasteiger partial charge in [0.2, 0.25) is 0 Å². The van der Waals surface area contributed by atoms with Gasteiger partial charge >= 0.3 is 0 Å². The van der Waals surface area contributed by atoms with Crippen LogP contribution in [0, 0.1) is 5.92 Å². The van der Waals surface area contributed by atoms with Crippen molar-refractivity contribution in [2.75, 3.05) is 6.54 Å². The van der Waals surface area contributed by atoms with Gasteiger partial charge in [0, 0.05) is 24.7 Å². The summed E-state index contributed by atoms with van der Waals surface area (Å²) >= 11 is 0. The molecule has 1 N–H and O–H groups in total. The van der Waals surface area contributed by atoms with Gasteiger partial charge in [-0.1, -0.05) is 63.6 Å². The molecule has 0 bridgehead atoms. The van der Waals surface area contributed by atoms with Crippen molar-refractivity contribution in [2.24, 2.45) is 5.92 Å². The zero-order valence-electron chi connectivity index (χ0n) is 16.5. The molecule has 142 valence electrons. The zero-order chi connectivity index (χ0) is 19.3. The third-order valence-corrected chi connectivity index (χ3v) is 3.95. The number of allylic oxidation sites excluding steroid dienone is 7. The van der Waals surface area contributed by atoms with Crippen molar-refractivity contribution in [2.45, 2.75) is 66.2 Å². The van der Waals surface area contributed by atoms with Crippen LogP contribution >= 0.6 is 0 Å². The Hall–Kier alpha value is -1.64. The Morgan fingerprint density at radius 3 is 2.08 bits per heavy atom. The van der Waals surface area contributed by atoms with Crippen LogP contribution in [-0.4, -0.2) is 12.5 Å². The van der Waals surface area contributed by atoms with Crippen LogP contribution in [-0.2, 0) is 0 Å². The van der Waals surface area contributed by atoms with Crippen molar-refractivity contribution in [1.82, 2.24) is 5.32 Å². The molecular weight excluding hydrogens is 316 g/mol. The average Bonchev–Trinajstić information content (AvgIpc) is 2.52. The molecule has 0 fully saturated rings. The molecule has 0 heterocycles. The van der Waals surface area contributed by atoms with Crippen LogP contribution in [0.2, 0.25) is 0 Å². The second-order valence-electron chi connectivity index (χ2n) is 6.37. The molecule has 3 heteroatoms. The minimum Gasteiger partial charge on any atom is -0.382 e. The molecule has 0 aliphatic heterocycles. The van der Waals surface area contributed by atoms with Crippen molar-refractivity contribution in [3.63, 3.8) is 0 Å². The lowest BCUT2D eigenvalue weighted by atomic mass is 9.89. The minimum absolute atomic E-state index is 0.0417. The fourth-order valence-corrected chi connectivity index (χ4v) is 2.78. The van der Waals surface area contributed by atoms with E-state index in [4.69, 9.17) is 0 Å². The maximum atomic E-state index is 13.6. The fourth-order valence-electron chi connectivity index (χ4n) is 2.78. The topological polar surface area (TPSA) is 12.0 Å². The Balaban J connectivity index is 5.05. The summed E-state index contributed by atoms with van der Waals surface area (Å²) in [6.45, 7) is 13.5. The Labute approximate surface area is 153 Å². The van der Waals surface area contributed by atoms with Gasteiger partial charge in [0.25, 0.3) is 5.92 Å². The lowest BCUT2D eigenvalue weighted by Crippen LogP contribution is -2.16. The molecule has 0 aromatic rings. The van der Waals surface area contributed by atoms with Gasteiger partial charge in [0.15, 0.2) is 0 Å². The predicted octanol–water partition coefficient (Wildman–Crippen LogP) is 6.97. The molecule has 1 nitrogen and oxygen atoms in total. The zero-order valence-corrected chi connectivity index (χ0v) is 16.5. The summed E-state index contributed by atoms with van der Waals surface area (Å²) in [5.41, 5.74) is 1.76. The summed E-state index contributed by atoms with van der Waals surface area (Å²) in [5, 5.41) is 3.12. The van der Waals surface area contributed by atoms with Gasteiger partial charge < -0.3 is 5.32 Å². The van der Waals surface area contributed by atoms with E-state index in [1.54, 1.807) is 13.0 Å². The molecule has 0 unspecified atom stereocenters. The maximum Gasteiger partial charge on any atom is 0.270 e. The molecule has 0 spiro atoms. The first-order valence-corrected chi connectivity index (χ1v) is 9.28. The standard InChI is InChI=1S/C22H35F2N/c1-7-11-19(12-8-2)20(13-9-3)15-16-25-18(5)17-21(14-10-4)22(6,23)24/h9-10,13-15,17,19,25H,5,7-8,11-12,16H2,1-4,6H3/b13-9-,14-10-,20-15+,21-17+. The van der Waals surface area contributed by atoms with E-state index >= 15 is 0 Å². The largest absolute Gasteiger partial charge is 0.382 e. The van der Waals surface area contributed by atoms with Crippen molar-refractivity contribution in [3.05, 3.63) is 59.9 Å². The van der Waals surface area contributed by atoms with E-state index in [0.29, 0.717) is 18.2 Å². The van der Waals surface area contributed by atoms with Gasteiger partial charge in [0.05, 0.1) is 0 Å². The molecule has 0 saturated carbocycles. The molecule has 0 atom stereocenters. The highest BCUT2D eigenvalue weighted by atomic mass is 19.3. The highest BCUT2D eigenvalue weighted by Crippen LogP contribution is 2.25. The van der Waals surface area contributed by atoms with E-state index in [9.17, 15) is 8.78 Å². The van der Waals surface area contributed by atoms with Crippen LogP contribution in [0.15, 0.2) is 59.9 Å². The van der Waals surface area contributed by atoms with E-state index in [-0.39, 0.29) is 5.57 Å². The van der Waals surface area contributed by atoms with Crippen LogP contribution in [0.3, 0.4) is 0 Å². The lowest BCUT2D eigenvalue weighted by molar-refractivity contribution is 0.0674. The van der Waals surface area contributed by atoms with E-state index < -0.39 is 5.92 Å². The monoisotopic (exact) mass is 351 g/mol. The molecule has 0 saturated heterocycles. The SMILES string of the molecule is C=C(/C=C(\C=C/C)C(C)(F)F)NC/C=C(\C=C/C)C(CCC)CCC. The first kappa shape index (κ1) is 23.4. The van der Waals surface area contributed by atoms with Gasteiger partial charge in [-0.25, -0.2) is 8.78 Å². The van der Waals surface area contributed by atoms with Crippen LogP contribution in [0.25, 0.3) is 0 Å². The van der Waals surface area contributed by atoms with E-state index in [1.807, 2.05) is 6.92 Å². The Morgan fingerprint density at radius 1 is 1.08 bits per heavy atom. The van der Waals surface area contributed by atoms with Crippen LogP contribution < -0.4 is 5.32 Å². The third kappa shape index (κ3) is 10.1. The molecule has 0 aromatic heterocycles.